The van der Waals surface area contributed by atoms with Crippen LogP contribution in [0.25, 0.3) is 0 Å². The number of rotatable bonds is 3. The third kappa shape index (κ3) is 9.10. The molecule has 0 aromatic rings. The zero-order valence-electron chi connectivity index (χ0n) is 9.91. The van der Waals surface area contributed by atoms with E-state index in [4.69, 9.17) is 4.74 Å². The van der Waals surface area contributed by atoms with Crippen molar-refractivity contribution in [3.8, 4) is 0 Å². The molecule has 0 atom stereocenters. The summed E-state index contributed by atoms with van der Waals surface area (Å²) in [5, 5.41) is 0. The molecule has 0 unspecified atom stereocenters. The van der Waals surface area contributed by atoms with Gasteiger partial charge in [-0.2, -0.15) is 0 Å². The van der Waals surface area contributed by atoms with Crippen LogP contribution >= 0.6 is 37.2 Å². The summed E-state index contributed by atoms with van der Waals surface area (Å²) < 4.78 is 7.17. The first-order chi connectivity index (χ1) is 5.99. The van der Waals surface area contributed by atoms with Gasteiger partial charge in [0.05, 0.1) is 0 Å². The summed E-state index contributed by atoms with van der Waals surface area (Å²) in [6.07, 6.45) is 6.63. The summed E-state index contributed by atoms with van der Waals surface area (Å²) in [5.74, 6) is 0. The molecule has 0 N–H and O–H groups in total. The fourth-order valence-corrected chi connectivity index (χ4v) is 1.76. The molecule has 1 rings (SSSR count). The van der Waals surface area contributed by atoms with Gasteiger partial charge in [0.15, 0.2) is 0 Å². The minimum Gasteiger partial charge on any atom is -0.147 e. The first-order valence-electron chi connectivity index (χ1n) is 4.73. The molecule has 1 aliphatic carbocycles. The van der Waals surface area contributed by atoms with Crippen molar-refractivity contribution < 1.29 is 25.2 Å². The van der Waals surface area contributed by atoms with Crippen LogP contribution in [0.5, 0.6) is 0 Å². The van der Waals surface area contributed by atoms with Crippen LogP contribution < -0.4 is 0 Å². The summed E-state index contributed by atoms with van der Waals surface area (Å²) >= 11 is 2.20. The Hall–Kier alpha value is 1.02. The molecule has 0 saturated carbocycles. The van der Waals surface area contributed by atoms with E-state index in [0.717, 1.165) is 19.4 Å². The van der Waals surface area contributed by atoms with Gasteiger partial charge in [0.1, 0.15) is 0 Å². The normalized spacial score (nSPS) is 13.9. The van der Waals surface area contributed by atoms with Crippen LogP contribution in [0.3, 0.4) is 0 Å². The van der Waals surface area contributed by atoms with Crippen molar-refractivity contribution in [3.05, 3.63) is 21.6 Å². The largest absolute Gasteiger partial charge is 0.147 e. The molecule has 0 aliphatic heterocycles. The van der Waals surface area contributed by atoms with E-state index in [1.165, 1.54) is 9.45 Å². The average Bonchev–Trinajstić information content (AvgIpc) is 2.34. The molecular weight excluding hydrogens is 302 g/mol. The van der Waals surface area contributed by atoms with Crippen molar-refractivity contribution in [1.29, 1.82) is 0 Å². The van der Waals surface area contributed by atoms with Gasteiger partial charge in [-0.15, -0.1) is 37.2 Å². The Balaban J connectivity index is -0.000000563. The predicted octanol–water partition coefficient (Wildman–Crippen LogP) is 4.22. The summed E-state index contributed by atoms with van der Waals surface area (Å²) in [4.78, 5) is 0. The molecule has 0 fully saturated rings. The quantitative estimate of drug-likeness (QED) is 0.707. The van der Waals surface area contributed by atoms with Crippen molar-refractivity contribution in [2.75, 3.05) is 6.61 Å². The van der Waals surface area contributed by atoms with Gasteiger partial charge in [-0.25, -0.2) is 0 Å². The van der Waals surface area contributed by atoms with Gasteiger partial charge < -0.3 is 0 Å². The smallest absolute Gasteiger partial charge is 0.147 e. The van der Waals surface area contributed by atoms with E-state index < -0.39 is 0 Å². The van der Waals surface area contributed by atoms with Gasteiger partial charge in [0.2, 0.25) is 0 Å². The third-order valence-corrected chi connectivity index (χ3v) is 2.76. The molecule has 1 nitrogen and oxygen atoms in total. The SMILES string of the molecule is CC(C)(C)OCCC1=[C]([Ti])CC=C1.Cl.Cl.Cl. The summed E-state index contributed by atoms with van der Waals surface area (Å²) in [7, 11) is 0. The minimum absolute atomic E-state index is 0. The van der Waals surface area contributed by atoms with Gasteiger partial charge in [-0.1, -0.05) is 0 Å². The van der Waals surface area contributed by atoms with Crippen molar-refractivity contribution in [2.24, 2.45) is 0 Å². The molecular formula is C11H20Cl3OTi. The topological polar surface area (TPSA) is 9.23 Å². The van der Waals surface area contributed by atoms with Gasteiger partial charge in [-0.05, 0) is 0 Å². The number of hydrogen-bond acceptors (Lipinski definition) is 1. The van der Waals surface area contributed by atoms with E-state index in [0.29, 0.717) is 0 Å². The molecule has 0 aromatic heterocycles. The number of allylic oxidation sites excluding steroid dienone is 3. The molecule has 0 saturated heterocycles. The third-order valence-electron chi connectivity index (χ3n) is 1.94. The van der Waals surface area contributed by atoms with Crippen LogP contribution in [0.15, 0.2) is 21.6 Å². The van der Waals surface area contributed by atoms with Crippen LogP contribution in [0.2, 0.25) is 0 Å². The monoisotopic (exact) mass is 321 g/mol. The zero-order chi connectivity index (χ0) is 9.90. The fourth-order valence-electron chi connectivity index (χ4n) is 1.25. The Morgan fingerprint density at radius 2 is 1.81 bits per heavy atom. The molecule has 0 amide bonds. The second kappa shape index (κ2) is 9.99. The van der Waals surface area contributed by atoms with E-state index in [-0.39, 0.29) is 42.8 Å². The van der Waals surface area contributed by atoms with Gasteiger partial charge in [0.25, 0.3) is 0 Å². The summed E-state index contributed by atoms with van der Waals surface area (Å²) in [6, 6.07) is 0. The van der Waals surface area contributed by atoms with Crippen LogP contribution in [-0.4, -0.2) is 12.2 Å². The molecule has 0 heterocycles. The second-order valence-corrected chi connectivity index (χ2v) is 5.26. The first-order valence-corrected chi connectivity index (χ1v) is 5.51. The molecule has 0 radical (unpaired) electrons. The van der Waals surface area contributed by atoms with Crippen LogP contribution in [-0.2, 0) is 25.2 Å². The summed E-state index contributed by atoms with van der Waals surface area (Å²) in [6.45, 7) is 7.12. The molecule has 0 spiro atoms. The van der Waals surface area contributed by atoms with Gasteiger partial charge >= 0.3 is 92.6 Å². The van der Waals surface area contributed by atoms with Crippen molar-refractivity contribution >= 4 is 37.2 Å². The second-order valence-electron chi connectivity index (χ2n) is 4.32. The van der Waals surface area contributed by atoms with Crippen molar-refractivity contribution in [3.63, 3.8) is 0 Å². The maximum Gasteiger partial charge on any atom is -0.147 e. The van der Waals surface area contributed by atoms with E-state index >= 15 is 0 Å². The maximum absolute atomic E-state index is 5.67. The van der Waals surface area contributed by atoms with E-state index in [1.54, 1.807) is 0 Å². The zero-order valence-corrected chi connectivity index (χ0v) is 13.9. The molecule has 0 aromatic carbocycles. The predicted molar refractivity (Wildman–Crippen MR) is 72.8 cm³/mol. The molecule has 95 valence electrons. The van der Waals surface area contributed by atoms with Crippen molar-refractivity contribution in [2.45, 2.75) is 39.2 Å². The van der Waals surface area contributed by atoms with Gasteiger partial charge in [-0.3, -0.25) is 0 Å². The molecule has 1 aliphatic rings. The van der Waals surface area contributed by atoms with E-state index in [2.05, 4.69) is 53.4 Å². The Morgan fingerprint density at radius 1 is 1.25 bits per heavy atom. The molecule has 0 bridgehead atoms. The number of ether oxygens (including phenoxy) is 1. The van der Waals surface area contributed by atoms with E-state index in [9.17, 15) is 0 Å². The van der Waals surface area contributed by atoms with Gasteiger partial charge in [0, 0.05) is 0 Å². The van der Waals surface area contributed by atoms with E-state index in [1.807, 2.05) is 0 Å². The van der Waals surface area contributed by atoms with Crippen LogP contribution in [0, 0.1) is 0 Å². The Morgan fingerprint density at radius 3 is 2.19 bits per heavy atom. The average molecular weight is 323 g/mol. The standard InChI is InChI=1S/C11H17O.3ClH.Ti/c1-11(2,3)12-9-8-10-6-4-5-7-10;;;;/h4,6H,5,8-9H2,1-3H3;3*1H;. The molecule has 5 heteroatoms. The minimum atomic E-state index is -0.00319. The number of hydrogen-bond donors (Lipinski definition) is 0. The fraction of sp³-hybridized carbons (Fsp3) is 0.636. The number of halogens is 3. The maximum atomic E-state index is 5.67. The Kier molecular flexibility index (Phi) is 13.9. The summed E-state index contributed by atoms with van der Waals surface area (Å²) in [5.41, 5.74) is 1.46. The first kappa shape index (κ1) is 22.2. The van der Waals surface area contributed by atoms with Crippen LogP contribution in [0.1, 0.15) is 33.6 Å². The van der Waals surface area contributed by atoms with Crippen molar-refractivity contribution in [1.82, 2.24) is 0 Å². The van der Waals surface area contributed by atoms with Crippen LogP contribution in [0.4, 0.5) is 0 Å². The Labute approximate surface area is 129 Å². The molecule has 16 heavy (non-hydrogen) atoms. The Bertz CT molecular complexity index is 244.